The highest BCUT2D eigenvalue weighted by Gasteiger charge is 2.10. The molecule has 0 spiro atoms. The van der Waals surface area contributed by atoms with Crippen molar-refractivity contribution in [3.05, 3.63) is 11.0 Å². The molecule has 0 bridgehead atoms. The predicted octanol–water partition coefficient (Wildman–Crippen LogP) is 3.13. The normalized spacial score (nSPS) is 10.5. The molecule has 96 valence electrons. The van der Waals surface area contributed by atoms with Gasteiger partial charge in [-0.1, -0.05) is 38.9 Å². The minimum atomic E-state index is 0.483. The molecule has 0 saturated heterocycles. The number of H-pyrrole nitrogens is 1. The van der Waals surface area contributed by atoms with Crippen LogP contribution >= 0.6 is 12.2 Å². The minimum absolute atomic E-state index is 0.483. The molecular weight excluding hydrogens is 232 g/mol. The zero-order valence-electron chi connectivity index (χ0n) is 10.7. The highest BCUT2D eigenvalue weighted by molar-refractivity contribution is 7.71. The van der Waals surface area contributed by atoms with Gasteiger partial charge in [-0.25, -0.2) is 4.98 Å². The van der Waals surface area contributed by atoms with Crippen LogP contribution in [-0.4, -0.2) is 23.1 Å². The maximum atomic E-state index is 5.99. The van der Waals surface area contributed by atoms with Crippen LogP contribution in [0.2, 0.25) is 0 Å². The second-order valence-electron chi connectivity index (χ2n) is 4.16. The van der Waals surface area contributed by atoms with Gasteiger partial charge < -0.3 is 15.6 Å². The van der Waals surface area contributed by atoms with Crippen molar-refractivity contribution in [1.82, 2.24) is 9.97 Å². The maximum Gasteiger partial charge on any atom is 0.154 e. The Hall–Kier alpha value is -1.10. The zero-order chi connectivity index (χ0) is 12.7. The second-order valence-corrected chi connectivity index (χ2v) is 4.55. The molecule has 1 aromatic rings. The first-order valence-electron chi connectivity index (χ1n) is 6.28. The summed E-state index contributed by atoms with van der Waals surface area (Å²) in [6.07, 6.45) is 6.29. The first-order valence-corrected chi connectivity index (χ1v) is 6.69. The van der Waals surface area contributed by atoms with Crippen LogP contribution in [0.5, 0.6) is 0 Å². The number of hydrogen-bond donors (Lipinski definition) is 2. The average molecular weight is 254 g/mol. The molecule has 17 heavy (non-hydrogen) atoms. The van der Waals surface area contributed by atoms with Crippen LogP contribution in [-0.2, 0) is 0 Å². The third-order valence-corrected chi connectivity index (χ3v) is 3.07. The van der Waals surface area contributed by atoms with E-state index in [9.17, 15) is 0 Å². The van der Waals surface area contributed by atoms with Crippen molar-refractivity contribution in [3.63, 3.8) is 0 Å². The van der Waals surface area contributed by atoms with Gasteiger partial charge in [-0.15, -0.1) is 0 Å². The average Bonchev–Trinajstić information content (AvgIpc) is 2.34. The predicted molar refractivity (Wildman–Crippen MR) is 75.9 cm³/mol. The summed E-state index contributed by atoms with van der Waals surface area (Å²) in [5.41, 5.74) is 6.58. The van der Waals surface area contributed by atoms with E-state index < -0.39 is 0 Å². The number of nitrogens with two attached hydrogens (primary N) is 1. The molecule has 5 heteroatoms. The number of nitrogens with zero attached hydrogens (tertiary/aromatic N) is 2. The fourth-order valence-electron chi connectivity index (χ4n) is 1.70. The Labute approximate surface area is 108 Å². The smallest absolute Gasteiger partial charge is 0.154 e. The molecule has 0 atom stereocenters. The molecule has 0 aromatic carbocycles. The van der Waals surface area contributed by atoms with E-state index >= 15 is 0 Å². The first-order chi connectivity index (χ1) is 8.20. The Balaban J connectivity index is 2.86. The number of nitrogens with one attached hydrogen (secondary N) is 1. The molecular formula is C12H22N4S. The van der Waals surface area contributed by atoms with E-state index in [2.05, 4.69) is 28.7 Å². The zero-order valence-corrected chi connectivity index (χ0v) is 11.5. The number of rotatable bonds is 7. The minimum Gasteiger partial charge on any atom is -0.393 e. The Morgan fingerprint density at radius 1 is 1.29 bits per heavy atom. The molecule has 0 aliphatic carbocycles. The van der Waals surface area contributed by atoms with E-state index in [4.69, 9.17) is 18.0 Å². The fourth-order valence-corrected chi connectivity index (χ4v) is 1.84. The molecule has 1 rings (SSSR count). The van der Waals surface area contributed by atoms with E-state index in [1.807, 2.05) is 0 Å². The molecule has 0 fully saturated rings. The lowest BCUT2D eigenvalue weighted by atomic mass is 10.2. The lowest BCUT2D eigenvalue weighted by molar-refractivity contribution is 0.671. The van der Waals surface area contributed by atoms with Gasteiger partial charge in [0, 0.05) is 13.1 Å². The van der Waals surface area contributed by atoms with Crippen molar-refractivity contribution >= 4 is 23.7 Å². The van der Waals surface area contributed by atoms with E-state index in [0.29, 0.717) is 10.3 Å². The number of anilines is 2. The van der Waals surface area contributed by atoms with Gasteiger partial charge in [-0.2, -0.15) is 0 Å². The topological polar surface area (TPSA) is 57.9 Å². The Morgan fingerprint density at radius 3 is 2.41 bits per heavy atom. The van der Waals surface area contributed by atoms with E-state index in [-0.39, 0.29) is 0 Å². The van der Waals surface area contributed by atoms with E-state index in [1.165, 1.54) is 12.8 Å². The summed E-state index contributed by atoms with van der Waals surface area (Å²) in [5, 5.41) is 0. The van der Waals surface area contributed by atoms with Crippen LogP contribution in [0.4, 0.5) is 11.5 Å². The molecule has 1 aromatic heterocycles. The lowest BCUT2D eigenvalue weighted by Gasteiger charge is -2.25. The summed E-state index contributed by atoms with van der Waals surface area (Å²) >= 11 is 5.10. The summed E-state index contributed by atoms with van der Waals surface area (Å²) in [4.78, 5) is 9.39. The first kappa shape index (κ1) is 14.0. The third kappa shape index (κ3) is 4.00. The molecule has 3 N–H and O–H groups in total. The van der Waals surface area contributed by atoms with Crippen molar-refractivity contribution in [2.75, 3.05) is 23.7 Å². The number of aromatic amines is 1. The summed E-state index contributed by atoms with van der Waals surface area (Å²) in [5.74, 6) is 0.923. The number of nitrogen functional groups attached to an aromatic ring is 1. The summed E-state index contributed by atoms with van der Waals surface area (Å²) in [6, 6.07) is 0. The van der Waals surface area contributed by atoms with Crippen LogP contribution in [0.25, 0.3) is 0 Å². The summed E-state index contributed by atoms with van der Waals surface area (Å²) < 4.78 is 0.483. The van der Waals surface area contributed by atoms with Crippen LogP contribution in [0.15, 0.2) is 6.33 Å². The SMILES string of the molecule is CCCCN(CCCC)c1[nH]cnc(=S)c1N. The highest BCUT2D eigenvalue weighted by Crippen LogP contribution is 2.20. The second kappa shape index (κ2) is 7.27. The van der Waals surface area contributed by atoms with Gasteiger partial charge in [-0.05, 0) is 12.8 Å². The quantitative estimate of drug-likeness (QED) is 0.734. The van der Waals surface area contributed by atoms with Gasteiger partial charge in [0.2, 0.25) is 0 Å². The van der Waals surface area contributed by atoms with Crippen LogP contribution in [0.3, 0.4) is 0 Å². The molecule has 4 nitrogen and oxygen atoms in total. The van der Waals surface area contributed by atoms with E-state index in [1.54, 1.807) is 6.33 Å². The number of hydrogen-bond acceptors (Lipinski definition) is 4. The van der Waals surface area contributed by atoms with Crippen molar-refractivity contribution in [2.45, 2.75) is 39.5 Å². The summed E-state index contributed by atoms with van der Waals surface area (Å²) in [7, 11) is 0. The largest absolute Gasteiger partial charge is 0.393 e. The Bertz CT molecular complexity index is 380. The maximum absolute atomic E-state index is 5.99. The molecule has 0 unspecified atom stereocenters. The van der Waals surface area contributed by atoms with Crippen molar-refractivity contribution in [1.29, 1.82) is 0 Å². The van der Waals surface area contributed by atoms with Crippen molar-refractivity contribution < 1.29 is 0 Å². The molecule has 0 amide bonds. The van der Waals surface area contributed by atoms with Crippen LogP contribution < -0.4 is 10.6 Å². The monoisotopic (exact) mass is 254 g/mol. The third-order valence-electron chi connectivity index (χ3n) is 2.75. The molecule has 0 saturated carbocycles. The van der Waals surface area contributed by atoms with Gasteiger partial charge in [-0.3, -0.25) is 0 Å². The van der Waals surface area contributed by atoms with Gasteiger partial charge in [0.15, 0.2) is 4.64 Å². The molecule has 0 radical (unpaired) electrons. The van der Waals surface area contributed by atoms with Gasteiger partial charge in [0.25, 0.3) is 0 Å². The summed E-state index contributed by atoms with van der Waals surface area (Å²) in [6.45, 7) is 6.40. The fraction of sp³-hybridized carbons (Fsp3) is 0.667. The van der Waals surface area contributed by atoms with Gasteiger partial charge in [0.05, 0.1) is 6.33 Å². The Kier molecular flexibility index (Phi) is 5.97. The Morgan fingerprint density at radius 2 is 1.88 bits per heavy atom. The van der Waals surface area contributed by atoms with Crippen molar-refractivity contribution in [2.24, 2.45) is 0 Å². The lowest BCUT2D eigenvalue weighted by Crippen LogP contribution is -2.27. The van der Waals surface area contributed by atoms with E-state index in [0.717, 1.165) is 31.7 Å². The van der Waals surface area contributed by atoms with Crippen molar-refractivity contribution in [3.8, 4) is 0 Å². The molecule has 1 heterocycles. The highest BCUT2D eigenvalue weighted by atomic mass is 32.1. The van der Waals surface area contributed by atoms with Gasteiger partial charge in [0.1, 0.15) is 11.5 Å². The van der Waals surface area contributed by atoms with Crippen LogP contribution in [0.1, 0.15) is 39.5 Å². The standard InChI is InChI=1S/C12H22N4S/c1-3-5-7-16(8-6-4-2)11-10(13)12(17)15-9-14-11/h9H,3-8,13H2,1-2H3,(H,14,15,17). The molecule has 0 aliphatic heterocycles. The van der Waals surface area contributed by atoms with Gasteiger partial charge >= 0.3 is 0 Å². The molecule has 0 aliphatic rings. The number of aromatic nitrogens is 2. The number of unbranched alkanes of at least 4 members (excludes halogenated alkanes) is 2. The van der Waals surface area contributed by atoms with Crippen LogP contribution in [0, 0.1) is 4.64 Å².